The Balaban J connectivity index is 1.15. The third-order valence-electron chi connectivity index (χ3n) is 6.84. The molecule has 0 spiro atoms. The van der Waals surface area contributed by atoms with Crippen LogP contribution in [0.5, 0.6) is 11.5 Å². The molecule has 3 aromatic rings. The summed E-state index contributed by atoms with van der Waals surface area (Å²) in [6, 6.07) is 17.8. The number of sulfonamides is 1. The fourth-order valence-electron chi connectivity index (χ4n) is 4.75. The van der Waals surface area contributed by atoms with E-state index in [-0.39, 0.29) is 28.5 Å². The van der Waals surface area contributed by atoms with Gasteiger partial charge in [0.1, 0.15) is 13.2 Å². The van der Waals surface area contributed by atoms with E-state index >= 15 is 0 Å². The average molecular weight is 536 g/mol. The van der Waals surface area contributed by atoms with Gasteiger partial charge in [-0.3, -0.25) is 9.52 Å². The Morgan fingerprint density at radius 3 is 2.18 bits per heavy atom. The molecule has 9 heteroatoms. The zero-order valence-corrected chi connectivity index (χ0v) is 21.7. The minimum atomic E-state index is -3.89. The van der Waals surface area contributed by atoms with Gasteiger partial charge in [0.25, 0.3) is 10.0 Å². The van der Waals surface area contributed by atoms with Crippen LogP contribution in [0.2, 0.25) is 0 Å². The van der Waals surface area contributed by atoms with Crippen molar-refractivity contribution < 1.29 is 32.2 Å². The summed E-state index contributed by atoms with van der Waals surface area (Å²) >= 11 is 0. The Labute approximate surface area is 222 Å². The van der Waals surface area contributed by atoms with Crippen LogP contribution >= 0.6 is 0 Å². The first-order chi connectivity index (χ1) is 18.4. The van der Waals surface area contributed by atoms with Gasteiger partial charge in [-0.15, -0.1) is 0 Å². The number of carbonyl (C=O) groups excluding carboxylic acids is 2. The van der Waals surface area contributed by atoms with Gasteiger partial charge in [-0.25, -0.2) is 13.2 Å². The van der Waals surface area contributed by atoms with E-state index in [4.69, 9.17) is 14.2 Å². The molecule has 198 valence electrons. The second-order valence-corrected chi connectivity index (χ2v) is 11.1. The van der Waals surface area contributed by atoms with E-state index in [1.165, 1.54) is 74.1 Å². The Kier molecular flexibility index (Phi) is 7.64. The van der Waals surface area contributed by atoms with Crippen molar-refractivity contribution in [3.8, 4) is 11.5 Å². The summed E-state index contributed by atoms with van der Waals surface area (Å²) in [6.45, 7) is 0.383. The normalized spacial score (nSPS) is 15.5. The highest BCUT2D eigenvalue weighted by Crippen LogP contribution is 2.33. The third-order valence-corrected chi connectivity index (χ3v) is 8.22. The van der Waals surface area contributed by atoms with Crippen molar-refractivity contribution in [3.05, 3.63) is 83.4 Å². The van der Waals surface area contributed by atoms with Crippen molar-refractivity contribution in [2.75, 3.05) is 24.5 Å². The van der Waals surface area contributed by atoms with Crippen LogP contribution < -0.4 is 14.2 Å². The minimum absolute atomic E-state index is 0.0236. The number of fused-ring (bicyclic) bond motifs is 1. The summed E-state index contributed by atoms with van der Waals surface area (Å²) < 4.78 is 44.1. The molecule has 38 heavy (non-hydrogen) atoms. The van der Waals surface area contributed by atoms with Crippen molar-refractivity contribution in [3.63, 3.8) is 0 Å². The molecule has 1 aliphatic heterocycles. The number of rotatable bonds is 8. The van der Waals surface area contributed by atoms with Gasteiger partial charge in [0.15, 0.2) is 23.9 Å². The standard InChI is InChI=1S/C29H29NO7S/c31-26(22-8-6-21(7-9-22)20-4-2-1-3-5-20)19-37-29(32)23-10-12-24(13-11-23)30-38(33,34)25-14-15-27-28(18-25)36-17-16-35-27/h6-15,18,20,30H,1-5,16-17,19H2. The van der Waals surface area contributed by atoms with Crippen LogP contribution in [0.4, 0.5) is 5.69 Å². The number of ether oxygens (including phenoxy) is 3. The van der Waals surface area contributed by atoms with Crippen molar-refractivity contribution >= 4 is 27.5 Å². The number of ketones is 1. The quantitative estimate of drug-likeness (QED) is 0.306. The number of anilines is 1. The molecule has 1 saturated carbocycles. The third kappa shape index (κ3) is 5.99. The molecule has 0 unspecified atom stereocenters. The van der Waals surface area contributed by atoms with Crippen LogP contribution in [0, 0.1) is 0 Å². The molecule has 1 heterocycles. The van der Waals surface area contributed by atoms with Crippen LogP contribution in [0.3, 0.4) is 0 Å². The summed E-state index contributed by atoms with van der Waals surface area (Å²) in [5.41, 5.74) is 2.22. The van der Waals surface area contributed by atoms with Gasteiger partial charge in [-0.05, 0) is 60.7 Å². The van der Waals surface area contributed by atoms with E-state index in [0.717, 1.165) is 0 Å². The highest BCUT2D eigenvalue weighted by atomic mass is 32.2. The predicted molar refractivity (Wildman–Crippen MR) is 142 cm³/mol. The molecule has 5 rings (SSSR count). The van der Waals surface area contributed by atoms with E-state index in [9.17, 15) is 18.0 Å². The molecule has 1 N–H and O–H groups in total. The van der Waals surface area contributed by atoms with E-state index in [1.54, 1.807) is 18.2 Å². The molecule has 2 aliphatic rings. The van der Waals surface area contributed by atoms with Gasteiger partial charge in [-0.1, -0.05) is 43.5 Å². The molecule has 0 atom stereocenters. The Bertz CT molecular complexity index is 1410. The molecule has 0 amide bonds. The second-order valence-electron chi connectivity index (χ2n) is 9.44. The van der Waals surface area contributed by atoms with Crippen molar-refractivity contribution in [1.82, 2.24) is 0 Å². The van der Waals surface area contributed by atoms with Crippen LogP contribution in [-0.2, 0) is 14.8 Å². The second kappa shape index (κ2) is 11.3. The summed E-state index contributed by atoms with van der Waals surface area (Å²) in [4.78, 5) is 25.0. The first-order valence-corrected chi connectivity index (χ1v) is 14.2. The zero-order chi connectivity index (χ0) is 26.5. The summed E-state index contributed by atoms with van der Waals surface area (Å²) in [5.74, 6) is 0.468. The highest BCUT2D eigenvalue weighted by molar-refractivity contribution is 7.92. The molecule has 8 nitrogen and oxygen atoms in total. The molecular weight excluding hydrogens is 506 g/mol. The summed E-state index contributed by atoms with van der Waals surface area (Å²) in [6.07, 6.45) is 6.15. The van der Waals surface area contributed by atoms with Crippen LogP contribution in [0.15, 0.2) is 71.6 Å². The molecular formula is C29H29NO7S. The molecule has 3 aromatic carbocycles. The van der Waals surface area contributed by atoms with Gasteiger partial charge in [0, 0.05) is 17.3 Å². The number of hydrogen-bond donors (Lipinski definition) is 1. The van der Waals surface area contributed by atoms with E-state index in [2.05, 4.69) is 4.72 Å². The Hall–Kier alpha value is -3.85. The number of Topliss-reactive ketones (excluding diaryl/α,β-unsaturated/α-hetero) is 1. The first-order valence-electron chi connectivity index (χ1n) is 12.7. The predicted octanol–water partition coefficient (Wildman–Crippen LogP) is 5.35. The highest BCUT2D eigenvalue weighted by Gasteiger charge is 2.20. The van der Waals surface area contributed by atoms with E-state index in [0.29, 0.717) is 36.2 Å². The maximum absolute atomic E-state index is 12.8. The first kappa shape index (κ1) is 25.8. The lowest BCUT2D eigenvalue weighted by atomic mass is 9.84. The molecule has 0 radical (unpaired) electrons. The monoisotopic (exact) mass is 535 g/mol. The largest absolute Gasteiger partial charge is 0.486 e. The van der Waals surface area contributed by atoms with Crippen molar-refractivity contribution in [2.24, 2.45) is 0 Å². The average Bonchev–Trinajstić information content (AvgIpc) is 2.96. The molecule has 1 aliphatic carbocycles. The summed E-state index contributed by atoms with van der Waals surface area (Å²) in [7, 11) is -3.89. The number of carbonyl (C=O) groups is 2. The van der Waals surface area contributed by atoms with E-state index in [1.807, 2.05) is 12.1 Å². The maximum Gasteiger partial charge on any atom is 0.338 e. The number of nitrogens with one attached hydrogen (secondary N) is 1. The van der Waals surface area contributed by atoms with Crippen molar-refractivity contribution in [1.29, 1.82) is 0 Å². The van der Waals surface area contributed by atoms with Gasteiger partial charge in [-0.2, -0.15) is 0 Å². The van der Waals surface area contributed by atoms with Crippen LogP contribution in [0.1, 0.15) is 64.3 Å². The van der Waals surface area contributed by atoms with Gasteiger partial charge < -0.3 is 14.2 Å². The Morgan fingerprint density at radius 2 is 1.47 bits per heavy atom. The summed E-state index contributed by atoms with van der Waals surface area (Å²) in [5, 5.41) is 0. The van der Waals surface area contributed by atoms with Gasteiger partial charge in [0.05, 0.1) is 10.5 Å². The molecule has 0 saturated heterocycles. The fraction of sp³-hybridized carbons (Fsp3) is 0.310. The van der Waals surface area contributed by atoms with Crippen LogP contribution in [-0.4, -0.2) is 40.0 Å². The molecule has 0 bridgehead atoms. The zero-order valence-electron chi connectivity index (χ0n) is 20.9. The topological polar surface area (TPSA) is 108 Å². The van der Waals surface area contributed by atoms with E-state index < -0.39 is 16.0 Å². The molecule has 1 fully saturated rings. The SMILES string of the molecule is O=C(COC(=O)c1ccc(NS(=O)(=O)c2ccc3c(c2)OCCO3)cc1)c1ccc(C2CCCCC2)cc1. The fourth-order valence-corrected chi connectivity index (χ4v) is 5.83. The molecule has 0 aromatic heterocycles. The minimum Gasteiger partial charge on any atom is -0.486 e. The Morgan fingerprint density at radius 1 is 0.816 bits per heavy atom. The number of benzene rings is 3. The number of hydrogen-bond acceptors (Lipinski definition) is 7. The van der Waals surface area contributed by atoms with Gasteiger partial charge in [0.2, 0.25) is 0 Å². The lowest BCUT2D eigenvalue weighted by molar-refractivity contribution is 0.0475. The van der Waals surface area contributed by atoms with Crippen LogP contribution in [0.25, 0.3) is 0 Å². The lowest BCUT2D eigenvalue weighted by Gasteiger charge is -2.22. The van der Waals surface area contributed by atoms with Crippen molar-refractivity contribution in [2.45, 2.75) is 42.9 Å². The maximum atomic E-state index is 12.8. The lowest BCUT2D eigenvalue weighted by Crippen LogP contribution is -2.17. The van der Waals surface area contributed by atoms with Gasteiger partial charge >= 0.3 is 5.97 Å². The smallest absolute Gasteiger partial charge is 0.338 e. The number of esters is 1.